The lowest BCUT2D eigenvalue weighted by Crippen LogP contribution is -2.10. The summed E-state index contributed by atoms with van der Waals surface area (Å²) < 4.78 is 18.6. The van der Waals surface area contributed by atoms with Gasteiger partial charge in [0, 0.05) is 5.56 Å². The van der Waals surface area contributed by atoms with Crippen LogP contribution < -0.4 is 4.74 Å². The van der Waals surface area contributed by atoms with E-state index in [2.05, 4.69) is 0 Å². The average molecular weight is 208 g/mol. The van der Waals surface area contributed by atoms with Crippen LogP contribution in [0.3, 0.4) is 0 Å². The van der Waals surface area contributed by atoms with Gasteiger partial charge in [-0.25, -0.2) is 4.39 Å². The van der Waals surface area contributed by atoms with Gasteiger partial charge in [0.1, 0.15) is 17.9 Å². The van der Waals surface area contributed by atoms with Gasteiger partial charge in [-0.2, -0.15) is 0 Å². The van der Waals surface area contributed by atoms with Crippen molar-refractivity contribution in [2.24, 2.45) is 0 Å². The number of benzene rings is 1. The van der Waals surface area contributed by atoms with Crippen LogP contribution in [0.5, 0.6) is 5.75 Å². The summed E-state index contributed by atoms with van der Waals surface area (Å²) in [5.74, 6) is 0.331. The van der Waals surface area contributed by atoms with Crippen LogP contribution >= 0.6 is 0 Å². The second-order valence-corrected chi connectivity index (χ2v) is 4.08. The van der Waals surface area contributed by atoms with Crippen LogP contribution in [0.15, 0.2) is 12.1 Å². The number of methoxy groups -OCH3 is 1. The third-order valence-corrected chi connectivity index (χ3v) is 3.03. The maximum atomic E-state index is 13.4. The van der Waals surface area contributed by atoms with Crippen molar-refractivity contribution in [3.8, 4) is 5.75 Å². The molecule has 0 unspecified atom stereocenters. The molecule has 1 aromatic rings. The summed E-state index contributed by atoms with van der Waals surface area (Å²) in [5, 5.41) is 0. The largest absolute Gasteiger partial charge is 0.496 e. The highest BCUT2D eigenvalue weighted by atomic mass is 19.1. The number of carbonyl (C=O) groups is 1. The van der Waals surface area contributed by atoms with E-state index in [-0.39, 0.29) is 5.82 Å². The molecule has 0 N–H and O–H groups in total. The van der Waals surface area contributed by atoms with E-state index >= 15 is 0 Å². The van der Waals surface area contributed by atoms with Gasteiger partial charge >= 0.3 is 0 Å². The molecule has 80 valence electrons. The van der Waals surface area contributed by atoms with Gasteiger partial charge in [0.2, 0.25) is 0 Å². The van der Waals surface area contributed by atoms with Crippen LogP contribution in [0.25, 0.3) is 0 Å². The van der Waals surface area contributed by atoms with E-state index in [0.717, 1.165) is 19.1 Å². The summed E-state index contributed by atoms with van der Waals surface area (Å²) in [4.78, 5) is 11.0. The predicted molar refractivity (Wildman–Crippen MR) is 54.7 cm³/mol. The Bertz CT molecular complexity index is 408. The van der Waals surface area contributed by atoms with E-state index in [1.54, 1.807) is 13.0 Å². The van der Waals surface area contributed by atoms with Gasteiger partial charge in [0.05, 0.1) is 12.5 Å². The minimum absolute atomic E-state index is 0.279. The molecular formula is C12H13FO2. The lowest BCUT2D eigenvalue weighted by atomic mass is 9.95. The number of ether oxygens (including phenoxy) is 1. The molecule has 2 rings (SSSR count). The predicted octanol–water partition coefficient (Wildman–Crippen LogP) is 2.37. The van der Waals surface area contributed by atoms with Gasteiger partial charge in [0.15, 0.2) is 0 Å². The van der Waals surface area contributed by atoms with Crippen molar-refractivity contribution in [2.45, 2.75) is 25.2 Å². The fourth-order valence-corrected chi connectivity index (χ4v) is 1.80. The minimum atomic E-state index is -0.486. The Morgan fingerprint density at radius 1 is 1.47 bits per heavy atom. The summed E-state index contributed by atoms with van der Waals surface area (Å²) in [6.45, 7) is 1.68. The number of halogens is 1. The number of aryl methyl sites for hydroxylation is 1. The zero-order chi connectivity index (χ0) is 11.1. The third-order valence-electron chi connectivity index (χ3n) is 3.03. The van der Waals surface area contributed by atoms with Crippen molar-refractivity contribution in [3.63, 3.8) is 0 Å². The van der Waals surface area contributed by atoms with Gasteiger partial charge in [-0.15, -0.1) is 0 Å². The number of aldehydes is 1. The monoisotopic (exact) mass is 208 g/mol. The van der Waals surface area contributed by atoms with Gasteiger partial charge in [-0.3, -0.25) is 0 Å². The topological polar surface area (TPSA) is 26.3 Å². The lowest BCUT2D eigenvalue weighted by molar-refractivity contribution is -0.109. The fraction of sp³-hybridized carbons (Fsp3) is 0.417. The maximum absolute atomic E-state index is 13.4. The fourth-order valence-electron chi connectivity index (χ4n) is 1.80. The average Bonchev–Trinajstić information content (AvgIpc) is 3.02. The third kappa shape index (κ3) is 1.52. The summed E-state index contributed by atoms with van der Waals surface area (Å²) in [7, 11) is 1.54. The molecule has 0 heterocycles. The molecule has 0 spiro atoms. The van der Waals surface area contributed by atoms with Gasteiger partial charge < -0.3 is 9.53 Å². The number of hydrogen-bond acceptors (Lipinski definition) is 2. The molecule has 0 saturated heterocycles. The van der Waals surface area contributed by atoms with Crippen molar-refractivity contribution < 1.29 is 13.9 Å². The van der Waals surface area contributed by atoms with Crippen LogP contribution in [-0.4, -0.2) is 13.4 Å². The Kier molecular flexibility index (Phi) is 2.25. The normalized spacial score (nSPS) is 17.3. The minimum Gasteiger partial charge on any atom is -0.496 e. The van der Waals surface area contributed by atoms with E-state index in [1.165, 1.54) is 13.2 Å². The molecule has 0 radical (unpaired) electrons. The molecule has 0 aromatic heterocycles. The van der Waals surface area contributed by atoms with E-state index < -0.39 is 5.41 Å². The van der Waals surface area contributed by atoms with Gasteiger partial charge in [0.25, 0.3) is 0 Å². The molecule has 3 heteroatoms. The first-order valence-corrected chi connectivity index (χ1v) is 4.94. The van der Waals surface area contributed by atoms with Crippen molar-refractivity contribution in [1.29, 1.82) is 0 Å². The first kappa shape index (κ1) is 10.1. The highest BCUT2D eigenvalue weighted by Gasteiger charge is 2.46. The molecular weight excluding hydrogens is 195 g/mol. The molecule has 15 heavy (non-hydrogen) atoms. The van der Waals surface area contributed by atoms with Crippen molar-refractivity contribution in [1.82, 2.24) is 0 Å². The van der Waals surface area contributed by atoms with Crippen LogP contribution in [0.4, 0.5) is 4.39 Å². The molecule has 2 nitrogen and oxygen atoms in total. The molecule has 1 saturated carbocycles. The van der Waals surface area contributed by atoms with E-state index in [1.807, 2.05) is 0 Å². The second-order valence-electron chi connectivity index (χ2n) is 4.08. The van der Waals surface area contributed by atoms with Crippen LogP contribution in [-0.2, 0) is 10.2 Å². The van der Waals surface area contributed by atoms with Crippen LogP contribution in [0, 0.1) is 12.7 Å². The van der Waals surface area contributed by atoms with Gasteiger partial charge in [-0.05, 0) is 37.5 Å². The smallest absolute Gasteiger partial charge is 0.130 e. The molecule has 0 aliphatic heterocycles. The molecule has 1 aliphatic rings. The zero-order valence-electron chi connectivity index (χ0n) is 8.84. The highest BCUT2D eigenvalue weighted by Crippen LogP contribution is 2.50. The standard InChI is InChI=1S/C12H13FO2/c1-8-5-11(15-2)9(6-10(8)13)12(7-14)3-4-12/h5-7H,3-4H2,1-2H3. The summed E-state index contributed by atoms with van der Waals surface area (Å²) >= 11 is 0. The van der Waals surface area contributed by atoms with Crippen molar-refractivity contribution >= 4 is 6.29 Å². The van der Waals surface area contributed by atoms with E-state index in [4.69, 9.17) is 4.74 Å². The van der Waals surface area contributed by atoms with Crippen LogP contribution in [0.1, 0.15) is 24.0 Å². The zero-order valence-corrected chi connectivity index (χ0v) is 8.84. The number of rotatable bonds is 3. The van der Waals surface area contributed by atoms with Gasteiger partial charge in [-0.1, -0.05) is 0 Å². The first-order chi connectivity index (χ1) is 7.13. The Morgan fingerprint density at radius 3 is 2.60 bits per heavy atom. The molecule has 0 amide bonds. The van der Waals surface area contributed by atoms with Crippen LogP contribution in [0.2, 0.25) is 0 Å². The molecule has 1 fully saturated rings. The Morgan fingerprint density at radius 2 is 2.13 bits per heavy atom. The first-order valence-electron chi connectivity index (χ1n) is 4.94. The van der Waals surface area contributed by atoms with E-state index in [9.17, 15) is 9.18 Å². The molecule has 0 bridgehead atoms. The van der Waals surface area contributed by atoms with Crippen molar-refractivity contribution in [3.05, 3.63) is 29.1 Å². The maximum Gasteiger partial charge on any atom is 0.130 e. The Labute approximate surface area is 88.1 Å². The second kappa shape index (κ2) is 3.33. The summed E-state index contributed by atoms with van der Waals surface area (Å²) in [6.07, 6.45) is 2.48. The molecule has 0 atom stereocenters. The lowest BCUT2D eigenvalue weighted by Gasteiger charge is -2.14. The summed E-state index contributed by atoms with van der Waals surface area (Å²) in [6, 6.07) is 3.07. The quantitative estimate of drug-likeness (QED) is 0.713. The SMILES string of the molecule is COc1cc(C)c(F)cc1C1(C=O)CC1. The Hall–Kier alpha value is -1.38. The molecule has 1 aliphatic carbocycles. The number of carbonyl (C=O) groups excluding carboxylic acids is 1. The molecule has 1 aromatic carbocycles. The highest BCUT2D eigenvalue weighted by molar-refractivity contribution is 5.75. The van der Waals surface area contributed by atoms with Crippen molar-refractivity contribution in [2.75, 3.05) is 7.11 Å². The van der Waals surface area contributed by atoms with E-state index in [0.29, 0.717) is 16.9 Å². The summed E-state index contributed by atoms with van der Waals surface area (Å²) in [5.41, 5.74) is 0.736. The number of hydrogen-bond donors (Lipinski definition) is 0. The Balaban J connectivity index is 2.55.